The molecule has 0 aliphatic carbocycles. The Labute approximate surface area is 103 Å². The van der Waals surface area contributed by atoms with Crippen LogP contribution >= 0.6 is 0 Å². The van der Waals surface area contributed by atoms with Crippen LogP contribution in [0.5, 0.6) is 0 Å². The molecule has 4 heteroatoms. The Balaban J connectivity index is 1.85. The van der Waals surface area contributed by atoms with Crippen LogP contribution in [0, 0.1) is 11.8 Å². The number of nitrogens with zero attached hydrogens (tertiary/aromatic N) is 2. The molecule has 1 saturated heterocycles. The standard InChI is InChI=1S/C13H23N3O/c1-4-14-6-12-5-13(17-15-12)9-16-7-10(2)11(3)8-16/h5,10-11,14H,4,6-9H2,1-3H3. The van der Waals surface area contributed by atoms with Crippen molar-refractivity contribution in [2.75, 3.05) is 19.6 Å². The average molecular weight is 237 g/mol. The molecular weight excluding hydrogens is 214 g/mol. The van der Waals surface area contributed by atoms with Gasteiger partial charge in [0.25, 0.3) is 0 Å². The van der Waals surface area contributed by atoms with Gasteiger partial charge in [-0.3, -0.25) is 4.90 Å². The van der Waals surface area contributed by atoms with Gasteiger partial charge in [0, 0.05) is 25.7 Å². The fourth-order valence-electron chi connectivity index (χ4n) is 2.37. The highest BCUT2D eigenvalue weighted by Gasteiger charge is 2.26. The van der Waals surface area contributed by atoms with Gasteiger partial charge in [0.05, 0.1) is 12.2 Å². The molecule has 0 radical (unpaired) electrons. The Morgan fingerprint density at radius 3 is 2.76 bits per heavy atom. The SMILES string of the molecule is CCNCc1cc(CN2CC(C)C(C)C2)on1. The molecule has 2 heterocycles. The average Bonchev–Trinajstić information content (AvgIpc) is 2.85. The number of aromatic nitrogens is 1. The number of rotatable bonds is 5. The molecule has 1 aromatic heterocycles. The molecule has 0 amide bonds. The summed E-state index contributed by atoms with van der Waals surface area (Å²) in [5.41, 5.74) is 1.00. The molecule has 17 heavy (non-hydrogen) atoms. The molecule has 2 rings (SSSR count). The maximum absolute atomic E-state index is 5.36. The van der Waals surface area contributed by atoms with Crippen molar-refractivity contribution in [3.63, 3.8) is 0 Å². The topological polar surface area (TPSA) is 41.3 Å². The van der Waals surface area contributed by atoms with E-state index < -0.39 is 0 Å². The van der Waals surface area contributed by atoms with E-state index in [0.29, 0.717) is 0 Å². The van der Waals surface area contributed by atoms with Crippen LogP contribution in [0.15, 0.2) is 10.6 Å². The summed E-state index contributed by atoms with van der Waals surface area (Å²) in [6.45, 7) is 11.7. The lowest BCUT2D eigenvalue weighted by Gasteiger charge is -2.12. The third-order valence-electron chi connectivity index (χ3n) is 3.61. The molecule has 1 aromatic rings. The fourth-order valence-corrected chi connectivity index (χ4v) is 2.37. The van der Waals surface area contributed by atoms with Crippen LogP contribution in [0.2, 0.25) is 0 Å². The van der Waals surface area contributed by atoms with Crippen LogP contribution in [0.1, 0.15) is 32.2 Å². The molecule has 2 atom stereocenters. The Morgan fingerprint density at radius 2 is 2.12 bits per heavy atom. The maximum atomic E-state index is 5.36. The second-order valence-electron chi connectivity index (χ2n) is 5.21. The predicted octanol–water partition coefficient (Wildman–Crippen LogP) is 1.87. The largest absolute Gasteiger partial charge is 0.360 e. The van der Waals surface area contributed by atoms with E-state index in [4.69, 9.17) is 4.52 Å². The van der Waals surface area contributed by atoms with Crippen molar-refractivity contribution in [1.29, 1.82) is 0 Å². The van der Waals surface area contributed by atoms with Gasteiger partial charge in [-0.15, -0.1) is 0 Å². The first kappa shape index (κ1) is 12.6. The summed E-state index contributed by atoms with van der Waals surface area (Å²) in [6, 6.07) is 2.07. The molecule has 96 valence electrons. The fraction of sp³-hybridized carbons (Fsp3) is 0.769. The van der Waals surface area contributed by atoms with Crippen LogP contribution < -0.4 is 5.32 Å². The number of nitrogens with one attached hydrogen (secondary N) is 1. The number of hydrogen-bond acceptors (Lipinski definition) is 4. The third-order valence-corrected chi connectivity index (χ3v) is 3.61. The van der Waals surface area contributed by atoms with Crippen molar-refractivity contribution in [3.8, 4) is 0 Å². The van der Waals surface area contributed by atoms with Crippen LogP contribution in [-0.2, 0) is 13.1 Å². The molecule has 0 aromatic carbocycles. The minimum absolute atomic E-state index is 0.791. The molecule has 0 bridgehead atoms. The zero-order valence-electron chi connectivity index (χ0n) is 11.1. The molecule has 2 unspecified atom stereocenters. The van der Waals surface area contributed by atoms with Gasteiger partial charge in [-0.05, 0) is 18.4 Å². The van der Waals surface area contributed by atoms with E-state index in [-0.39, 0.29) is 0 Å². The lowest BCUT2D eigenvalue weighted by Crippen LogP contribution is -2.19. The van der Waals surface area contributed by atoms with Crippen molar-refractivity contribution in [3.05, 3.63) is 17.5 Å². The molecule has 1 aliphatic rings. The normalized spacial score (nSPS) is 25.6. The van der Waals surface area contributed by atoms with Gasteiger partial charge in [-0.25, -0.2) is 0 Å². The van der Waals surface area contributed by atoms with Crippen molar-refractivity contribution < 1.29 is 4.52 Å². The van der Waals surface area contributed by atoms with E-state index in [1.54, 1.807) is 0 Å². The minimum Gasteiger partial charge on any atom is -0.360 e. The first-order valence-corrected chi connectivity index (χ1v) is 6.56. The number of hydrogen-bond donors (Lipinski definition) is 1. The monoisotopic (exact) mass is 237 g/mol. The second kappa shape index (κ2) is 5.65. The van der Waals surface area contributed by atoms with Crippen molar-refractivity contribution in [2.24, 2.45) is 11.8 Å². The van der Waals surface area contributed by atoms with Crippen LogP contribution in [-0.4, -0.2) is 29.7 Å². The van der Waals surface area contributed by atoms with E-state index in [1.807, 2.05) is 0 Å². The van der Waals surface area contributed by atoms with Crippen molar-refractivity contribution >= 4 is 0 Å². The predicted molar refractivity (Wildman–Crippen MR) is 67.5 cm³/mol. The highest BCUT2D eigenvalue weighted by Crippen LogP contribution is 2.23. The molecular formula is C13H23N3O. The Bertz CT molecular complexity index is 340. The zero-order valence-corrected chi connectivity index (χ0v) is 11.1. The summed E-state index contributed by atoms with van der Waals surface area (Å²) in [7, 11) is 0. The van der Waals surface area contributed by atoms with E-state index in [2.05, 4.69) is 42.2 Å². The molecule has 1 fully saturated rings. The summed E-state index contributed by atoms with van der Waals surface area (Å²) in [5.74, 6) is 2.57. The van der Waals surface area contributed by atoms with Crippen LogP contribution in [0.4, 0.5) is 0 Å². The third kappa shape index (κ3) is 3.30. The van der Waals surface area contributed by atoms with Crippen LogP contribution in [0.3, 0.4) is 0 Å². The summed E-state index contributed by atoms with van der Waals surface area (Å²) in [4.78, 5) is 2.45. The van der Waals surface area contributed by atoms with Gasteiger partial charge in [0.1, 0.15) is 0 Å². The van der Waals surface area contributed by atoms with Crippen molar-refractivity contribution in [2.45, 2.75) is 33.9 Å². The van der Waals surface area contributed by atoms with Gasteiger partial charge in [-0.2, -0.15) is 0 Å². The summed E-state index contributed by atoms with van der Waals surface area (Å²) >= 11 is 0. The molecule has 1 N–H and O–H groups in total. The van der Waals surface area contributed by atoms with Gasteiger partial charge >= 0.3 is 0 Å². The Hall–Kier alpha value is -0.870. The summed E-state index contributed by atoms with van der Waals surface area (Å²) < 4.78 is 5.36. The van der Waals surface area contributed by atoms with E-state index in [9.17, 15) is 0 Å². The Kier molecular flexibility index (Phi) is 4.18. The molecule has 0 saturated carbocycles. The lowest BCUT2D eigenvalue weighted by molar-refractivity contribution is 0.264. The summed E-state index contributed by atoms with van der Waals surface area (Å²) in [5, 5.41) is 7.32. The Morgan fingerprint density at radius 1 is 1.41 bits per heavy atom. The minimum atomic E-state index is 0.791. The van der Waals surface area contributed by atoms with Gasteiger partial charge in [-0.1, -0.05) is 25.9 Å². The first-order valence-electron chi connectivity index (χ1n) is 6.56. The summed E-state index contributed by atoms with van der Waals surface area (Å²) in [6.07, 6.45) is 0. The van der Waals surface area contributed by atoms with Gasteiger partial charge in [0.2, 0.25) is 0 Å². The zero-order chi connectivity index (χ0) is 12.3. The van der Waals surface area contributed by atoms with Crippen molar-refractivity contribution in [1.82, 2.24) is 15.4 Å². The van der Waals surface area contributed by atoms with E-state index in [1.165, 1.54) is 13.1 Å². The van der Waals surface area contributed by atoms with Gasteiger partial charge < -0.3 is 9.84 Å². The molecule has 0 spiro atoms. The van der Waals surface area contributed by atoms with E-state index >= 15 is 0 Å². The molecule has 1 aliphatic heterocycles. The van der Waals surface area contributed by atoms with Gasteiger partial charge in [0.15, 0.2) is 5.76 Å². The first-order chi connectivity index (χ1) is 8.19. The maximum Gasteiger partial charge on any atom is 0.151 e. The van der Waals surface area contributed by atoms with E-state index in [0.717, 1.165) is 42.9 Å². The molecule has 4 nitrogen and oxygen atoms in total. The smallest absolute Gasteiger partial charge is 0.151 e. The second-order valence-corrected chi connectivity index (χ2v) is 5.21. The quantitative estimate of drug-likeness (QED) is 0.849. The van der Waals surface area contributed by atoms with Crippen LogP contribution in [0.25, 0.3) is 0 Å². The highest BCUT2D eigenvalue weighted by molar-refractivity contribution is 5.05. The number of likely N-dealkylation sites (tertiary alicyclic amines) is 1. The highest BCUT2D eigenvalue weighted by atomic mass is 16.5. The lowest BCUT2D eigenvalue weighted by atomic mass is 10.0.